The number of aromatic nitrogens is 1. The number of hydrogen-bond donors (Lipinski definition) is 2. The molecule has 0 radical (unpaired) electrons. The van der Waals surface area contributed by atoms with Gasteiger partial charge >= 0.3 is 5.97 Å². The zero-order chi connectivity index (χ0) is 11.4. The number of thiazole rings is 1. The van der Waals surface area contributed by atoms with Gasteiger partial charge in [0.05, 0.1) is 18.7 Å². The SMILES string of the molecule is CC(=O)NC(CC(=O)O)c1ncc(Cl)s1. The van der Waals surface area contributed by atoms with Crippen molar-refractivity contribution in [1.29, 1.82) is 0 Å². The van der Waals surface area contributed by atoms with Crippen LogP contribution in [0, 0.1) is 0 Å². The minimum Gasteiger partial charge on any atom is -0.481 e. The third-order valence-corrected chi connectivity index (χ3v) is 2.78. The Kier molecular flexibility index (Phi) is 4.05. The largest absolute Gasteiger partial charge is 0.481 e. The molecule has 0 saturated carbocycles. The molecule has 0 saturated heterocycles. The van der Waals surface area contributed by atoms with Gasteiger partial charge in [-0.2, -0.15) is 0 Å². The first kappa shape index (κ1) is 11.9. The van der Waals surface area contributed by atoms with Crippen LogP contribution in [0.3, 0.4) is 0 Å². The first-order valence-corrected chi connectivity index (χ1v) is 5.28. The van der Waals surface area contributed by atoms with E-state index >= 15 is 0 Å². The van der Waals surface area contributed by atoms with E-state index in [1.807, 2.05) is 0 Å². The van der Waals surface area contributed by atoms with E-state index in [-0.39, 0.29) is 12.3 Å². The molecule has 1 amide bonds. The molecule has 1 aromatic heterocycles. The standard InChI is InChI=1S/C8H9ClN2O3S/c1-4(12)11-5(2-7(13)14)8-10-3-6(9)15-8/h3,5H,2H2,1H3,(H,11,12)(H,13,14). The zero-order valence-corrected chi connectivity index (χ0v) is 9.43. The normalized spacial score (nSPS) is 12.1. The molecule has 0 spiro atoms. The number of nitrogens with one attached hydrogen (secondary N) is 1. The Hall–Kier alpha value is -1.14. The summed E-state index contributed by atoms with van der Waals surface area (Å²) in [5.41, 5.74) is 0. The van der Waals surface area contributed by atoms with Gasteiger partial charge in [-0.15, -0.1) is 11.3 Å². The number of aliphatic carboxylic acids is 1. The number of amides is 1. The number of halogens is 1. The molecular formula is C8H9ClN2O3S. The van der Waals surface area contributed by atoms with Crippen molar-refractivity contribution in [1.82, 2.24) is 10.3 Å². The second-order valence-electron chi connectivity index (χ2n) is 2.85. The smallest absolute Gasteiger partial charge is 0.305 e. The minimum atomic E-state index is -1.000. The molecule has 1 unspecified atom stereocenters. The molecule has 0 bridgehead atoms. The van der Waals surface area contributed by atoms with Crippen LogP contribution in [0.4, 0.5) is 0 Å². The summed E-state index contributed by atoms with van der Waals surface area (Å²) in [5.74, 6) is -1.30. The highest BCUT2D eigenvalue weighted by Gasteiger charge is 2.19. The van der Waals surface area contributed by atoms with E-state index in [2.05, 4.69) is 10.3 Å². The van der Waals surface area contributed by atoms with Crippen LogP contribution in [0.1, 0.15) is 24.4 Å². The summed E-state index contributed by atoms with van der Waals surface area (Å²) in [7, 11) is 0. The van der Waals surface area contributed by atoms with E-state index in [9.17, 15) is 9.59 Å². The van der Waals surface area contributed by atoms with Crippen molar-refractivity contribution in [3.8, 4) is 0 Å². The molecule has 0 aromatic carbocycles. The Morgan fingerprint density at radius 3 is 2.80 bits per heavy atom. The fourth-order valence-corrected chi connectivity index (χ4v) is 2.03. The maximum Gasteiger partial charge on any atom is 0.305 e. The van der Waals surface area contributed by atoms with Gasteiger partial charge in [0, 0.05) is 6.92 Å². The molecule has 1 aromatic rings. The van der Waals surface area contributed by atoms with E-state index in [0.29, 0.717) is 9.34 Å². The number of carbonyl (C=O) groups excluding carboxylic acids is 1. The van der Waals surface area contributed by atoms with Crippen LogP contribution in [0.2, 0.25) is 4.34 Å². The van der Waals surface area contributed by atoms with Crippen molar-refractivity contribution >= 4 is 34.8 Å². The van der Waals surface area contributed by atoms with Gasteiger partial charge < -0.3 is 10.4 Å². The van der Waals surface area contributed by atoms with Gasteiger partial charge in [0.2, 0.25) is 5.91 Å². The summed E-state index contributed by atoms with van der Waals surface area (Å²) in [6, 6.07) is -0.613. The highest BCUT2D eigenvalue weighted by molar-refractivity contribution is 7.15. The highest BCUT2D eigenvalue weighted by atomic mass is 35.5. The third kappa shape index (κ3) is 3.85. The number of carbonyl (C=O) groups is 2. The Morgan fingerprint density at radius 2 is 2.40 bits per heavy atom. The van der Waals surface area contributed by atoms with E-state index in [1.54, 1.807) is 0 Å². The van der Waals surface area contributed by atoms with Gasteiger partial charge in [-0.05, 0) is 0 Å². The monoisotopic (exact) mass is 248 g/mol. The summed E-state index contributed by atoms with van der Waals surface area (Å²) in [4.78, 5) is 25.4. The van der Waals surface area contributed by atoms with Crippen LogP contribution in [0.25, 0.3) is 0 Å². The molecule has 5 nitrogen and oxygen atoms in total. The highest BCUT2D eigenvalue weighted by Crippen LogP contribution is 2.25. The Balaban J connectivity index is 2.80. The lowest BCUT2D eigenvalue weighted by Gasteiger charge is -2.12. The molecule has 82 valence electrons. The lowest BCUT2D eigenvalue weighted by molar-refractivity contribution is -0.137. The van der Waals surface area contributed by atoms with Crippen molar-refractivity contribution in [2.24, 2.45) is 0 Å². The summed E-state index contributed by atoms with van der Waals surface area (Å²) in [6.07, 6.45) is 1.22. The maximum absolute atomic E-state index is 10.9. The Bertz CT molecular complexity index is 364. The van der Waals surface area contributed by atoms with Gasteiger partial charge in [0.1, 0.15) is 9.34 Å². The van der Waals surface area contributed by atoms with Crippen molar-refractivity contribution in [2.45, 2.75) is 19.4 Å². The average molecular weight is 249 g/mol. The molecule has 7 heteroatoms. The van der Waals surface area contributed by atoms with Crippen molar-refractivity contribution in [3.63, 3.8) is 0 Å². The van der Waals surface area contributed by atoms with Crippen LogP contribution in [0.15, 0.2) is 6.20 Å². The number of rotatable bonds is 4. The first-order chi connectivity index (χ1) is 6.99. The molecule has 1 heterocycles. The number of hydrogen-bond acceptors (Lipinski definition) is 4. The van der Waals surface area contributed by atoms with Gasteiger partial charge in [-0.1, -0.05) is 11.6 Å². The van der Waals surface area contributed by atoms with Crippen LogP contribution >= 0.6 is 22.9 Å². The van der Waals surface area contributed by atoms with Crippen LogP contribution in [-0.2, 0) is 9.59 Å². The summed E-state index contributed by atoms with van der Waals surface area (Å²) in [5, 5.41) is 11.7. The lowest BCUT2D eigenvalue weighted by atomic mass is 10.2. The molecule has 1 atom stereocenters. The third-order valence-electron chi connectivity index (χ3n) is 1.55. The quantitative estimate of drug-likeness (QED) is 0.845. The Labute approximate surface area is 95.1 Å². The van der Waals surface area contributed by atoms with Crippen molar-refractivity contribution in [2.75, 3.05) is 0 Å². The Morgan fingerprint density at radius 1 is 1.73 bits per heavy atom. The van der Waals surface area contributed by atoms with E-state index in [1.165, 1.54) is 13.1 Å². The second kappa shape index (κ2) is 5.09. The molecule has 15 heavy (non-hydrogen) atoms. The van der Waals surface area contributed by atoms with Gasteiger partial charge in [0.25, 0.3) is 0 Å². The minimum absolute atomic E-state index is 0.205. The molecule has 0 aliphatic rings. The molecule has 0 fully saturated rings. The van der Waals surface area contributed by atoms with Gasteiger partial charge in [-0.3, -0.25) is 9.59 Å². The molecule has 2 N–H and O–H groups in total. The molecule has 0 aliphatic carbocycles. The van der Waals surface area contributed by atoms with Crippen molar-refractivity contribution < 1.29 is 14.7 Å². The topological polar surface area (TPSA) is 79.3 Å². The maximum atomic E-state index is 10.9. The van der Waals surface area contributed by atoms with Crippen LogP contribution in [0.5, 0.6) is 0 Å². The van der Waals surface area contributed by atoms with Crippen LogP contribution in [-0.4, -0.2) is 22.0 Å². The number of nitrogens with zero attached hydrogens (tertiary/aromatic N) is 1. The zero-order valence-electron chi connectivity index (χ0n) is 7.86. The molecule has 1 rings (SSSR count). The average Bonchev–Trinajstić information content (AvgIpc) is 2.48. The first-order valence-electron chi connectivity index (χ1n) is 4.09. The van der Waals surface area contributed by atoms with Gasteiger partial charge in [-0.25, -0.2) is 4.98 Å². The fourth-order valence-electron chi connectivity index (χ4n) is 1.05. The molecule has 0 aliphatic heterocycles. The van der Waals surface area contributed by atoms with Gasteiger partial charge in [0.15, 0.2) is 0 Å². The van der Waals surface area contributed by atoms with Crippen molar-refractivity contribution in [3.05, 3.63) is 15.5 Å². The van der Waals surface area contributed by atoms with E-state index < -0.39 is 12.0 Å². The fraction of sp³-hybridized carbons (Fsp3) is 0.375. The lowest BCUT2D eigenvalue weighted by Crippen LogP contribution is -2.27. The summed E-state index contributed by atoms with van der Waals surface area (Å²) >= 11 is 6.83. The summed E-state index contributed by atoms with van der Waals surface area (Å²) < 4.78 is 0.464. The van der Waals surface area contributed by atoms with E-state index in [4.69, 9.17) is 16.7 Å². The number of carboxylic acid groups (broad SMARTS) is 1. The number of carboxylic acids is 1. The van der Waals surface area contributed by atoms with Crippen LogP contribution < -0.4 is 5.32 Å². The molecular weight excluding hydrogens is 240 g/mol. The second-order valence-corrected chi connectivity index (χ2v) is 4.55. The summed E-state index contributed by atoms with van der Waals surface area (Å²) in [6.45, 7) is 1.32. The predicted molar refractivity (Wildman–Crippen MR) is 55.9 cm³/mol. The van der Waals surface area contributed by atoms with E-state index in [0.717, 1.165) is 11.3 Å². The predicted octanol–water partition coefficient (Wildman–Crippen LogP) is 1.45.